The fourth-order valence-corrected chi connectivity index (χ4v) is 3.09. The van der Waals surface area contributed by atoms with E-state index in [4.69, 9.17) is 0 Å². The molecule has 1 aliphatic heterocycles. The molecular weight excluding hydrogens is 328 g/mol. The molecule has 5 nitrogen and oxygen atoms in total. The Bertz CT molecular complexity index is 861. The minimum atomic E-state index is -0.363. The number of carbonyl (C=O) groups excluding carboxylic acids is 3. The summed E-state index contributed by atoms with van der Waals surface area (Å²) in [7, 11) is 1.45. The zero-order valence-corrected chi connectivity index (χ0v) is 15.2. The van der Waals surface area contributed by atoms with Crippen molar-refractivity contribution in [3.63, 3.8) is 0 Å². The van der Waals surface area contributed by atoms with Gasteiger partial charge in [-0.2, -0.15) is 0 Å². The number of amides is 3. The molecule has 134 valence electrons. The summed E-state index contributed by atoms with van der Waals surface area (Å²) in [6.45, 7) is 4.55. The lowest BCUT2D eigenvalue weighted by Crippen LogP contribution is -2.37. The van der Waals surface area contributed by atoms with Crippen LogP contribution in [0.25, 0.3) is 0 Å². The molecule has 0 aromatic heterocycles. The van der Waals surface area contributed by atoms with Gasteiger partial charge in [-0.15, -0.1) is 0 Å². The molecule has 3 rings (SSSR count). The number of rotatable bonds is 5. The molecule has 0 spiro atoms. The zero-order valence-electron chi connectivity index (χ0n) is 15.2. The van der Waals surface area contributed by atoms with Crippen molar-refractivity contribution in [1.82, 2.24) is 9.80 Å². The molecule has 0 saturated heterocycles. The highest BCUT2D eigenvalue weighted by atomic mass is 16.2. The normalized spacial score (nSPS) is 14.3. The second-order valence-corrected chi connectivity index (χ2v) is 6.61. The van der Waals surface area contributed by atoms with Crippen molar-refractivity contribution in [2.45, 2.75) is 32.9 Å². The number of carbonyl (C=O) groups is 3. The van der Waals surface area contributed by atoms with Crippen LogP contribution in [-0.4, -0.2) is 40.6 Å². The van der Waals surface area contributed by atoms with Gasteiger partial charge in [0, 0.05) is 25.2 Å². The number of hydrogen-bond donors (Lipinski definition) is 0. The molecule has 0 bridgehead atoms. The zero-order chi connectivity index (χ0) is 18.8. The summed E-state index contributed by atoms with van der Waals surface area (Å²) < 4.78 is 0. The first kappa shape index (κ1) is 17.9. The number of nitrogens with zero attached hydrogens (tertiary/aromatic N) is 2. The van der Waals surface area contributed by atoms with E-state index in [0.717, 1.165) is 16.9 Å². The summed E-state index contributed by atoms with van der Waals surface area (Å²) in [4.78, 5) is 40.3. The first-order valence-electron chi connectivity index (χ1n) is 8.75. The Morgan fingerprint density at radius 2 is 1.69 bits per heavy atom. The Kier molecular flexibility index (Phi) is 4.89. The van der Waals surface area contributed by atoms with E-state index in [1.165, 1.54) is 7.05 Å². The minimum absolute atomic E-state index is 0.0518. The van der Waals surface area contributed by atoms with Crippen LogP contribution in [-0.2, 0) is 6.54 Å². The van der Waals surface area contributed by atoms with Gasteiger partial charge in [0.05, 0.1) is 11.1 Å². The molecule has 1 unspecified atom stereocenters. The van der Waals surface area contributed by atoms with E-state index in [1.807, 2.05) is 49.1 Å². The van der Waals surface area contributed by atoms with Crippen LogP contribution in [0, 0.1) is 0 Å². The molecule has 0 radical (unpaired) electrons. The molecule has 26 heavy (non-hydrogen) atoms. The lowest BCUT2D eigenvalue weighted by molar-refractivity contribution is 0.0669. The van der Waals surface area contributed by atoms with E-state index in [9.17, 15) is 14.4 Å². The average Bonchev–Trinajstić information content (AvgIpc) is 2.89. The third-order valence-corrected chi connectivity index (χ3v) is 4.92. The van der Waals surface area contributed by atoms with Crippen molar-refractivity contribution in [2.75, 3.05) is 7.05 Å². The molecule has 0 fully saturated rings. The van der Waals surface area contributed by atoms with Gasteiger partial charge in [0.15, 0.2) is 0 Å². The Morgan fingerprint density at radius 3 is 2.35 bits per heavy atom. The number of hydrogen-bond acceptors (Lipinski definition) is 3. The third-order valence-electron chi connectivity index (χ3n) is 4.92. The van der Waals surface area contributed by atoms with Crippen LogP contribution in [0.3, 0.4) is 0 Å². The maximum absolute atomic E-state index is 13.1. The number of benzene rings is 2. The van der Waals surface area contributed by atoms with E-state index >= 15 is 0 Å². The van der Waals surface area contributed by atoms with Gasteiger partial charge in [0.2, 0.25) is 0 Å². The summed E-state index contributed by atoms with van der Waals surface area (Å²) in [5, 5.41) is 0. The fourth-order valence-electron chi connectivity index (χ4n) is 3.09. The van der Waals surface area contributed by atoms with Crippen LogP contribution in [0.2, 0.25) is 0 Å². The molecule has 0 N–H and O–H groups in total. The first-order valence-corrected chi connectivity index (χ1v) is 8.75. The maximum Gasteiger partial charge on any atom is 0.261 e. The van der Waals surface area contributed by atoms with Crippen molar-refractivity contribution >= 4 is 17.7 Å². The number of fused-ring (bicyclic) bond motifs is 1. The summed E-state index contributed by atoms with van der Waals surface area (Å²) in [5.74, 6) is -0.828. The fraction of sp³-hybridized carbons (Fsp3) is 0.286. The highest BCUT2D eigenvalue weighted by Crippen LogP contribution is 2.24. The Morgan fingerprint density at radius 1 is 1.04 bits per heavy atom. The molecule has 1 aliphatic rings. The quantitative estimate of drug-likeness (QED) is 0.777. The van der Waals surface area contributed by atoms with Crippen LogP contribution >= 0.6 is 0 Å². The van der Waals surface area contributed by atoms with E-state index in [2.05, 4.69) is 0 Å². The minimum Gasteiger partial charge on any atom is -0.332 e. The van der Waals surface area contributed by atoms with Gasteiger partial charge in [-0.3, -0.25) is 19.3 Å². The number of imide groups is 1. The van der Waals surface area contributed by atoms with Gasteiger partial charge in [0.25, 0.3) is 17.7 Å². The van der Waals surface area contributed by atoms with Gasteiger partial charge in [-0.1, -0.05) is 37.3 Å². The SMILES string of the molecule is CCC(C)N(Cc1ccccc1)C(=O)c1ccc2c(c1)C(=O)N(C)C2=O. The highest BCUT2D eigenvalue weighted by molar-refractivity contribution is 6.21. The molecule has 1 atom stereocenters. The standard InChI is InChI=1S/C21H22N2O3/c1-4-14(2)23(13-15-8-6-5-7-9-15)19(24)16-10-11-17-18(12-16)21(26)22(3)20(17)25/h5-12,14H,4,13H2,1-3H3. The summed E-state index contributed by atoms with van der Waals surface area (Å²) in [5.41, 5.74) is 2.13. The van der Waals surface area contributed by atoms with E-state index in [0.29, 0.717) is 23.2 Å². The molecule has 2 aromatic rings. The molecule has 0 saturated carbocycles. The van der Waals surface area contributed by atoms with Crippen LogP contribution in [0.1, 0.15) is 56.9 Å². The van der Waals surface area contributed by atoms with Crippen LogP contribution in [0.15, 0.2) is 48.5 Å². The third kappa shape index (κ3) is 3.12. The Labute approximate surface area is 153 Å². The molecule has 5 heteroatoms. The van der Waals surface area contributed by atoms with Gasteiger partial charge in [-0.05, 0) is 37.1 Å². The topological polar surface area (TPSA) is 57.7 Å². The predicted molar refractivity (Wildman–Crippen MR) is 98.9 cm³/mol. The van der Waals surface area contributed by atoms with Gasteiger partial charge < -0.3 is 4.90 Å². The summed E-state index contributed by atoms with van der Waals surface area (Å²) in [6, 6.07) is 14.6. The molecule has 2 aromatic carbocycles. The van der Waals surface area contributed by atoms with Crippen molar-refractivity contribution in [2.24, 2.45) is 0 Å². The largest absolute Gasteiger partial charge is 0.332 e. The Balaban J connectivity index is 1.93. The van der Waals surface area contributed by atoms with Crippen molar-refractivity contribution in [3.8, 4) is 0 Å². The lowest BCUT2D eigenvalue weighted by atomic mass is 10.0. The lowest BCUT2D eigenvalue weighted by Gasteiger charge is -2.29. The maximum atomic E-state index is 13.1. The first-order chi connectivity index (χ1) is 12.4. The molecule has 3 amide bonds. The Hall–Kier alpha value is -2.95. The summed E-state index contributed by atoms with van der Waals surface area (Å²) >= 11 is 0. The molecule has 1 heterocycles. The van der Waals surface area contributed by atoms with Crippen molar-refractivity contribution < 1.29 is 14.4 Å². The van der Waals surface area contributed by atoms with E-state index < -0.39 is 0 Å². The van der Waals surface area contributed by atoms with E-state index in [1.54, 1.807) is 18.2 Å². The second-order valence-electron chi connectivity index (χ2n) is 6.61. The van der Waals surface area contributed by atoms with Crippen LogP contribution < -0.4 is 0 Å². The highest BCUT2D eigenvalue weighted by Gasteiger charge is 2.33. The second kappa shape index (κ2) is 7.12. The average molecular weight is 350 g/mol. The van der Waals surface area contributed by atoms with Crippen molar-refractivity contribution in [3.05, 3.63) is 70.8 Å². The van der Waals surface area contributed by atoms with Gasteiger partial charge in [-0.25, -0.2) is 0 Å². The van der Waals surface area contributed by atoms with Crippen LogP contribution in [0.4, 0.5) is 0 Å². The molecule has 0 aliphatic carbocycles. The smallest absolute Gasteiger partial charge is 0.261 e. The predicted octanol–water partition coefficient (Wildman–Crippen LogP) is 3.35. The van der Waals surface area contributed by atoms with Gasteiger partial charge in [0.1, 0.15) is 0 Å². The van der Waals surface area contributed by atoms with Crippen LogP contribution in [0.5, 0.6) is 0 Å². The monoisotopic (exact) mass is 350 g/mol. The van der Waals surface area contributed by atoms with E-state index in [-0.39, 0.29) is 23.8 Å². The molecular formula is C21H22N2O3. The summed E-state index contributed by atoms with van der Waals surface area (Å²) in [6.07, 6.45) is 0.823. The van der Waals surface area contributed by atoms with Gasteiger partial charge >= 0.3 is 0 Å². The van der Waals surface area contributed by atoms with Crippen molar-refractivity contribution in [1.29, 1.82) is 0 Å².